The Kier molecular flexibility index (Phi) is 6.51. The van der Waals surface area contributed by atoms with Gasteiger partial charge >= 0.3 is 6.18 Å². The topological polar surface area (TPSA) is 128 Å². The van der Waals surface area contributed by atoms with Crippen LogP contribution in [-0.2, 0) is 19.3 Å². The van der Waals surface area contributed by atoms with E-state index in [2.05, 4.69) is 15.0 Å². The number of pyridine rings is 3. The highest BCUT2D eigenvalue weighted by atomic mass is 19.4. The number of rotatable bonds is 6. The number of amides is 2. The summed E-state index contributed by atoms with van der Waals surface area (Å²) in [6.45, 7) is -0.504. The molecule has 0 radical (unpaired) electrons. The summed E-state index contributed by atoms with van der Waals surface area (Å²) >= 11 is 0. The third-order valence-electron chi connectivity index (χ3n) is 5.32. The van der Waals surface area contributed by atoms with Crippen LogP contribution in [0.15, 0.2) is 60.9 Å². The SMILES string of the molecule is NC(=O)c1cc2cc(C(=O)N(Cc3ccc(C(F)(F)F)cn3)Cc3ncccc3F)ccc2nc1N. The van der Waals surface area contributed by atoms with E-state index in [1.54, 1.807) is 0 Å². The number of hydrogen-bond donors (Lipinski definition) is 2. The Morgan fingerprint density at radius 1 is 1.00 bits per heavy atom. The molecule has 0 spiro atoms. The standard InChI is InChI=1S/C24H18F4N6O2/c25-18-2-1-7-31-20(18)12-34(11-16-5-4-15(10-32-16)24(26,27)28)23(36)13-3-6-19-14(8-13)9-17(22(30)35)21(29)33-19/h1-10H,11-12H2,(H2,29,33)(H2,30,35). The second-order valence-corrected chi connectivity index (χ2v) is 7.82. The summed E-state index contributed by atoms with van der Waals surface area (Å²) in [5, 5.41) is 0.403. The number of primary amides is 1. The Bertz CT molecular complexity index is 1460. The number of nitrogens with zero attached hydrogens (tertiary/aromatic N) is 4. The molecule has 0 atom stereocenters. The van der Waals surface area contributed by atoms with Crippen LogP contribution in [0.3, 0.4) is 0 Å². The molecule has 3 heterocycles. The van der Waals surface area contributed by atoms with Gasteiger partial charge in [0, 0.05) is 23.3 Å². The molecule has 12 heteroatoms. The van der Waals surface area contributed by atoms with Crippen molar-refractivity contribution >= 4 is 28.5 Å². The quantitative estimate of drug-likeness (QED) is 0.390. The molecule has 184 valence electrons. The highest BCUT2D eigenvalue weighted by Crippen LogP contribution is 2.28. The van der Waals surface area contributed by atoms with Crippen molar-refractivity contribution in [3.8, 4) is 0 Å². The Morgan fingerprint density at radius 3 is 2.42 bits per heavy atom. The molecule has 0 aliphatic heterocycles. The first kappa shape index (κ1) is 24.5. The first-order valence-electron chi connectivity index (χ1n) is 10.4. The van der Waals surface area contributed by atoms with Crippen LogP contribution in [-0.4, -0.2) is 31.7 Å². The summed E-state index contributed by atoms with van der Waals surface area (Å²) in [6, 6.07) is 10.4. The lowest BCUT2D eigenvalue weighted by Gasteiger charge is -2.23. The van der Waals surface area contributed by atoms with Gasteiger partial charge in [-0.3, -0.25) is 19.6 Å². The minimum absolute atomic E-state index is 0.0199. The van der Waals surface area contributed by atoms with E-state index in [0.717, 1.165) is 12.1 Å². The van der Waals surface area contributed by atoms with Crippen molar-refractivity contribution in [3.63, 3.8) is 0 Å². The molecule has 4 rings (SSSR count). The lowest BCUT2D eigenvalue weighted by atomic mass is 10.1. The van der Waals surface area contributed by atoms with Gasteiger partial charge in [-0.25, -0.2) is 9.37 Å². The van der Waals surface area contributed by atoms with Crippen molar-refractivity contribution in [2.75, 3.05) is 5.73 Å². The van der Waals surface area contributed by atoms with Crippen LogP contribution in [0.25, 0.3) is 10.9 Å². The maximum atomic E-state index is 14.3. The lowest BCUT2D eigenvalue weighted by Crippen LogP contribution is -2.31. The van der Waals surface area contributed by atoms with Crippen LogP contribution >= 0.6 is 0 Å². The molecule has 1 aromatic carbocycles. The third-order valence-corrected chi connectivity index (χ3v) is 5.32. The first-order valence-corrected chi connectivity index (χ1v) is 10.4. The number of anilines is 1. The van der Waals surface area contributed by atoms with Crippen LogP contribution in [0.5, 0.6) is 0 Å². The number of aromatic nitrogens is 3. The molecule has 4 N–H and O–H groups in total. The molecule has 0 unspecified atom stereocenters. The molecule has 4 aromatic rings. The fourth-order valence-corrected chi connectivity index (χ4v) is 3.50. The van der Waals surface area contributed by atoms with Crippen molar-refractivity contribution < 1.29 is 27.2 Å². The van der Waals surface area contributed by atoms with Gasteiger partial charge in [-0.2, -0.15) is 13.2 Å². The normalized spacial score (nSPS) is 11.4. The molecule has 0 bridgehead atoms. The zero-order valence-electron chi connectivity index (χ0n) is 18.5. The number of fused-ring (bicyclic) bond motifs is 1. The smallest absolute Gasteiger partial charge is 0.383 e. The van der Waals surface area contributed by atoms with E-state index >= 15 is 0 Å². The molecule has 8 nitrogen and oxygen atoms in total. The summed E-state index contributed by atoms with van der Waals surface area (Å²) in [5.41, 5.74) is 10.8. The molecule has 0 saturated carbocycles. The van der Waals surface area contributed by atoms with Crippen LogP contribution in [0, 0.1) is 5.82 Å². The molecule has 0 saturated heterocycles. The van der Waals surface area contributed by atoms with E-state index in [1.807, 2.05) is 0 Å². The zero-order chi connectivity index (χ0) is 26.0. The summed E-state index contributed by atoms with van der Waals surface area (Å²) in [4.78, 5) is 38.2. The van der Waals surface area contributed by atoms with E-state index in [4.69, 9.17) is 11.5 Å². The number of hydrogen-bond acceptors (Lipinski definition) is 6. The van der Waals surface area contributed by atoms with Gasteiger partial charge in [-0.05, 0) is 48.5 Å². The van der Waals surface area contributed by atoms with Gasteiger partial charge in [0.1, 0.15) is 11.6 Å². The van der Waals surface area contributed by atoms with E-state index in [0.29, 0.717) is 17.1 Å². The van der Waals surface area contributed by atoms with E-state index < -0.39 is 29.4 Å². The molecular formula is C24H18F4N6O2. The average Bonchev–Trinajstić information content (AvgIpc) is 2.83. The van der Waals surface area contributed by atoms with Crippen molar-refractivity contribution in [3.05, 3.63) is 94.8 Å². The van der Waals surface area contributed by atoms with E-state index in [-0.39, 0.29) is 41.4 Å². The fraction of sp³-hybridized carbons (Fsp3) is 0.125. The average molecular weight is 498 g/mol. The third kappa shape index (κ3) is 5.22. The Morgan fingerprint density at radius 2 is 1.78 bits per heavy atom. The van der Waals surface area contributed by atoms with Crippen LogP contribution in [0.1, 0.15) is 37.7 Å². The minimum atomic E-state index is -4.57. The van der Waals surface area contributed by atoms with Crippen molar-refractivity contribution in [1.82, 2.24) is 19.9 Å². The predicted molar refractivity (Wildman–Crippen MR) is 122 cm³/mol. The van der Waals surface area contributed by atoms with E-state index in [9.17, 15) is 27.2 Å². The van der Waals surface area contributed by atoms with Crippen LogP contribution < -0.4 is 11.5 Å². The van der Waals surface area contributed by atoms with Gasteiger partial charge < -0.3 is 16.4 Å². The Balaban J connectivity index is 1.70. The molecule has 0 fully saturated rings. The molecule has 2 amide bonds. The number of nitrogen functional groups attached to an aromatic ring is 1. The molecular weight excluding hydrogens is 480 g/mol. The highest BCUT2D eigenvalue weighted by Gasteiger charge is 2.31. The van der Waals surface area contributed by atoms with Crippen LogP contribution in [0.4, 0.5) is 23.4 Å². The van der Waals surface area contributed by atoms with Gasteiger partial charge in [-0.15, -0.1) is 0 Å². The summed E-state index contributed by atoms with van der Waals surface area (Å²) in [7, 11) is 0. The fourth-order valence-electron chi connectivity index (χ4n) is 3.50. The van der Waals surface area contributed by atoms with Crippen molar-refractivity contribution in [1.29, 1.82) is 0 Å². The van der Waals surface area contributed by atoms with Crippen molar-refractivity contribution in [2.45, 2.75) is 19.3 Å². The number of halogens is 4. The first-order chi connectivity index (χ1) is 17.0. The second kappa shape index (κ2) is 9.56. The maximum Gasteiger partial charge on any atom is 0.417 e. The van der Waals surface area contributed by atoms with E-state index in [1.165, 1.54) is 47.5 Å². The second-order valence-electron chi connectivity index (χ2n) is 7.82. The van der Waals surface area contributed by atoms with Gasteiger partial charge in [0.2, 0.25) is 0 Å². The monoisotopic (exact) mass is 498 g/mol. The number of carbonyl (C=O) groups excluding carboxylic acids is 2. The lowest BCUT2D eigenvalue weighted by molar-refractivity contribution is -0.137. The van der Waals surface area contributed by atoms with Gasteiger partial charge in [0.05, 0.1) is 41.1 Å². The number of alkyl halides is 3. The Labute approximate surface area is 201 Å². The zero-order valence-corrected chi connectivity index (χ0v) is 18.5. The molecule has 0 aliphatic carbocycles. The predicted octanol–water partition coefficient (Wildman–Crippen LogP) is 3.71. The summed E-state index contributed by atoms with van der Waals surface area (Å²) < 4.78 is 53.0. The summed E-state index contributed by atoms with van der Waals surface area (Å²) in [5.74, 6) is -2.09. The summed E-state index contributed by atoms with van der Waals surface area (Å²) in [6.07, 6.45) is -2.55. The molecule has 0 aliphatic rings. The number of benzene rings is 1. The molecule has 36 heavy (non-hydrogen) atoms. The highest BCUT2D eigenvalue weighted by molar-refractivity contribution is 6.03. The van der Waals surface area contributed by atoms with Gasteiger partial charge in [-0.1, -0.05) is 0 Å². The minimum Gasteiger partial charge on any atom is -0.383 e. The molecule has 3 aromatic heterocycles. The number of nitrogens with two attached hydrogens (primary N) is 2. The van der Waals surface area contributed by atoms with Gasteiger partial charge in [0.25, 0.3) is 11.8 Å². The maximum absolute atomic E-state index is 14.3. The Hall–Kier alpha value is -4.61. The van der Waals surface area contributed by atoms with Crippen molar-refractivity contribution in [2.24, 2.45) is 5.73 Å². The largest absolute Gasteiger partial charge is 0.417 e. The van der Waals surface area contributed by atoms with Gasteiger partial charge in [0.15, 0.2) is 0 Å². The number of carbonyl (C=O) groups is 2. The van der Waals surface area contributed by atoms with Crippen LogP contribution in [0.2, 0.25) is 0 Å².